The quantitative estimate of drug-likeness (QED) is 0.910. The number of nitrogens with one attached hydrogen (secondary N) is 1. The molecular weight excluding hydrogens is 309 g/mol. The van der Waals surface area contributed by atoms with E-state index in [-0.39, 0.29) is 16.3 Å². The van der Waals surface area contributed by atoms with E-state index in [9.17, 15) is 13.5 Å². The third kappa shape index (κ3) is 3.53. The topological polar surface area (TPSA) is 66.4 Å². The second kappa shape index (κ2) is 5.28. The number of aromatic hydroxyl groups is 1. The minimum absolute atomic E-state index is 0.0522. The fraction of sp³-hybridized carbons (Fsp3) is 0. The first-order valence-corrected chi connectivity index (χ1v) is 7.39. The van der Waals surface area contributed by atoms with Gasteiger partial charge < -0.3 is 5.11 Å². The van der Waals surface area contributed by atoms with Gasteiger partial charge in [-0.3, -0.25) is 4.72 Å². The van der Waals surface area contributed by atoms with Crippen LogP contribution in [0.25, 0.3) is 0 Å². The molecule has 0 saturated carbocycles. The van der Waals surface area contributed by atoms with Gasteiger partial charge in [0.05, 0.1) is 10.6 Å². The summed E-state index contributed by atoms with van der Waals surface area (Å²) < 4.78 is 26.5. The highest BCUT2D eigenvalue weighted by atomic mass is 35.5. The van der Waals surface area contributed by atoms with Crippen LogP contribution in [0.3, 0.4) is 0 Å². The molecule has 19 heavy (non-hydrogen) atoms. The average molecular weight is 318 g/mol. The van der Waals surface area contributed by atoms with Gasteiger partial charge in [-0.15, -0.1) is 0 Å². The molecule has 100 valence electrons. The largest absolute Gasteiger partial charge is 0.508 e. The highest BCUT2D eigenvalue weighted by Gasteiger charge is 2.15. The fourth-order valence-electron chi connectivity index (χ4n) is 1.48. The third-order valence-corrected chi connectivity index (χ3v) is 4.06. The Morgan fingerprint density at radius 1 is 1.00 bits per heavy atom. The molecule has 0 bridgehead atoms. The summed E-state index contributed by atoms with van der Waals surface area (Å²) in [5.41, 5.74) is 0.251. The summed E-state index contributed by atoms with van der Waals surface area (Å²) in [6, 6.07) is 9.71. The Kier molecular flexibility index (Phi) is 3.89. The molecule has 0 aromatic heterocycles. The van der Waals surface area contributed by atoms with Crippen LogP contribution < -0.4 is 4.72 Å². The number of phenolic OH excluding ortho intramolecular Hbond substituents is 1. The van der Waals surface area contributed by atoms with Gasteiger partial charge in [-0.25, -0.2) is 8.42 Å². The van der Waals surface area contributed by atoms with Crippen molar-refractivity contribution in [2.45, 2.75) is 4.90 Å². The van der Waals surface area contributed by atoms with Gasteiger partial charge in [-0.2, -0.15) is 0 Å². The number of hydrogen-bond donors (Lipinski definition) is 2. The smallest absolute Gasteiger partial charge is 0.262 e. The molecule has 2 aromatic rings. The summed E-state index contributed by atoms with van der Waals surface area (Å²) in [6.07, 6.45) is 0. The molecule has 0 saturated heterocycles. The molecule has 0 aliphatic heterocycles. The standard InChI is InChI=1S/C12H9Cl2NO3S/c13-8-4-9(14)6-10(5-8)15-19(17,18)12-3-1-2-11(16)7-12/h1-7,15-16H. The van der Waals surface area contributed by atoms with Crippen LogP contribution >= 0.6 is 23.2 Å². The third-order valence-electron chi connectivity index (χ3n) is 2.24. The second-order valence-corrected chi connectivity index (χ2v) is 6.32. The molecule has 0 atom stereocenters. The van der Waals surface area contributed by atoms with Crippen LogP contribution in [0.1, 0.15) is 0 Å². The van der Waals surface area contributed by atoms with E-state index in [4.69, 9.17) is 23.2 Å². The Labute approximate surface area is 120 Å². The van der Waals surface area contributed by atoms with E-state index in [1.165, 1.54) is 36.4 Å². The first-order valence-electron chi connectivity index (χ1n) is 5.15. The lowest BCUT2D eigenvalue weighted by Crippen LogP contribution is -2.12. The number of benzene rings is 2. The molecule has 0 spiro atoms. The Balaban J connectivity index is 2.36. The molecule has 2 aromatic carbocycles. The molecule has 0 radical (unpaired) electrons. The van der Waals surface area contributed by atoms with Crippen LogP contribution in [-0.2, 0) is 10.0 Å². The highest BCUT2D eigenvalue weighted by Crippen LogP contribution is 2.25. The van der Waals surface area contributed by atoms with Crippen LogP contribution in [0.4, 0.5) is 5.69 Å². The van der Waals surface area contributed by atoms with Crippen molar-refractivity contribution < 1.29 is 13.5 Å². The number of sulfonamides is 1. The van der Waals surface area contributed by atoms with Crippen LogP contribution in [0.15, 0.2) is 47.4 Å². The molecule has 2 rings (SSSR count). The lowest BCUT2D eigenvalue weighted by atomic mass is 10.3. The van der Waals surface area contributed by atoms with Crippen molar-refractivity contribution in [3.05, 3.63) is 52.5 Å². The van der Waals surface area contributed by atoms with Crippen LogP contribution in [0, 0.1) is 0 Å². The number of rotatable bonds is 3. The minimum Gasteiger partial charge on any atom is -0.508 e. The minimum atomic E-state index is -3.80. The van der Waals surface area contributed by atoms with E-state index < -0.39 is 10.0 Å². The lowest BCUT2D eigenvalue weighted by molar-refractivity contribution is 0.473. The predicted octanol–water partition coefficient (Wildman–Crippen LogP) is 3.50. The molecule has 4 nitrogen and oxygen atoms in total. The maximum absolute atomic E-state index is 12.1. The zero-order valence-corrected chi connectivity index (χ0v) is 11.8. The van der Waals surface area contributed by atoms with Gasteiger partial charge in [0.1, 0.15) is 5.75 Å². The zero-order chi connectivity index (χ0) is 14.0. The van der Waals surface area contributed by atoms with Gasteiger partial charge in [0, 0.05) is 16.1 Å². The van der Waals surface area contributed by atoms with Crippen LogP contribution in [0.2, 0.25) is 10.0 Å². The molecule has 0 fully saturated rings. The Bertz CT molecular complexity index is 696. The van der Waals surface area contributed by atoms with Crippen molar-refractivity contribution in [3.8, 4) is 5.75 Å². The molecule has 0 aliphatic carbocycles. The van der Waals surface area contributed by atoms with E-state index in [1.54, 1.807) is 0 Å². The maximum Gasteiger partial charge on any atom is 0.262 e. The van der Waals surface area contributed by atoms with E-state index in [1.807, 2.05) is 0 Å². The molecule has 0 unspecified atom stereocenters. The van der Waals surface area contributed by atoms with E-state index in [0.29, 0.717) is 10.0 Å². The summed E-state index contributed by atoms with van der Waals surface area (Å²) in [7, 11) is -3.80. The number of hydrogen-bond acceptors (Lipinski definition) is 3. The molecule has 2 N–H and O–H groups in total. The van der Waals surface area contributed by atoms with Gasteiger partial charge in [-0.05, 0) is 30.3 Å². The molecule has 0 amide bonds. The van der Waals surface area contributed by atoms with Crippen LogP contribution in [0.5, 0.6) is 5.75 Å². The molecule has 7 heteroatoms. The van der Waals surface area contributed by atoms with E-state index in [0.717, 1.165) is 6.07 Å². The van der Waals surface area contributed by atoms with E-state index in [2.05, 4.69) is 4.72 Å². The molecule has 0 aliphatic rings. The first kappa shape index (κ1) is 14.0. The summed E-state index contributed by atoms with van der Waals surface area (Å²) in [6.45, 7) is 0. The van der Waals surface area contributed by atoms with Crippen molar-refractivity contribution in [2.24, 2.45) is 0 Å². The van der Waals surface area contributed by atoms with Crippen molar-refractivity contribution in [2.75, 3.05) is 4.72 Å². The van der Waals surface area contributed by atoms with E-state index >= 15 is 0 Å². The highest BCUT2D eigenvalue weighted by molar-refractivity contribution is 7.92. The second-order valence-electron chi connectivity index (χ2n) is 3.76. The predicted molar refractivity (Wildman–Crippen MR) is 75.4 cm³/mol. The number of anilines is 1. The summed E-state index contributed by atoms with van der Waals surface area (Å²) in [4.78, 5) is -0.0522. The van der Waals surface area contributed by atoms with Gasteiger partial charge in [-0.1, -0.05) is 29.3 Å². The van der Waals surface area contributed by atoms with Crippen molar-refractivity contribution >= 4 is 38.9 Å². The van der Waals surface area contributed by atoms with Gasteiger partial charge in [0.25, 0.3) is 10.0 Å². The Morgan fingerprint density at radius 2 is 1.63 bits per heavy atom. The number of halogens is 2. The van der Waals surface area contributed by atoms with Crippen molar-refractivity contribution in [1.29, 1.82) is 0 Å². The monoisotopic (exact) mass is 317 g/mol. The summed E-state index contributed by atoms with van der Waals surface area (Å²) in [5.74, 6) is -0.132. The summed E-state index contributed by atoms with van der Waals surface area (Å²) >= 11 is 11.6. The average Bonchev–Trinajstić information content (AvgIpc) is 2.26. The molecule has 0 heterocycles. The SMILES string of the molecule is O=S(=O)(Nc1cc(Cl)cc(Cl)c1)c1cccc(O)c1. The van der Waals surface area contributed by atoms with Gasteiger partial charge in [0.2, 0.25) is 0 Å². The number of phenols is 1. The Morgan fingerprint density at radius 3 is 2.21 bits per heavy atom. The normalized spacial score (nSPS) is 11.3. The fourth-order valence-corrected chi connectivity index (χ4v) is 3.08. The first-order chi connectivity index (χ1) is 8.87. The zero-order valence-electron chi connectivity index (χ0n) is 9.47. The maximum atomic E-state index is 12.1. The molecular formula is C12H9Cl2NO3S. The van der Waals surface area contributed by atoms with Gasteiger partial charge >= 0.3 is 0 Å². The lowest BCUT2D eigenvalue weighted by Gasteiger charge is -2.09. The van der Waals surface area contributed by atoms with Crippen molar-refractivity contribution in [3.63, 3.8) is 0 Å². The Hall–Kier alpha value is -1.43. The van der Waals surface area contributed by atoms with Crippen molar-refractivity contribution in [1.82, 2.24) is 0 Å². The summed E-state index contributed by atoms with van der Waals surface area (Å²) in [5, 5.41) is 9.94. The van der Waals surface area contributed by atoms with Crippen LogP contribution in [-0.4, -0.2) is 13.5 Å². The van der Waals surface area contributed by atoms with Gasteiger partial charge in [0.15, 0.2) is 0 Å².